The van der Waals surface area contributed by atoms with Gasteiger partial charge in [0.05, 0.1) is 6.10 Å². The van der Waals surface area contributed by atoms with Crippen LogP contribution in [-0.4, -0.2) is 18.5 Å². The third-order valence-corrected chi connectivity index (χ3v) is 4.14. The van der Waals surface area contributed by atoms with E-state index in [-0.39, 0.29) is 18.5 Å². The van der Waals surface area contributed by atoms with Crippen molar-refractivity contribution in [3.63, 3.8) is 0 Å². The van der Waals surface area contributed by atoms with Crippen molar-refractivity contribution < 1.29 is 9.53 Å². The van der Waals surface area contributed by atoms with Crippen LogP contribution >= 0.6 is 11.6 Å². The average Bonchev–Trinajstić information content (AvgIpc) is 2.45. The largest absolute Gasteiger partial charge is 0.370 e. The first-order chi connectivity index (χ1) is 9.19. The molecule has 1 fully saturated rings. The molecule has 19 heavy (non-hydrogen) atoms. The van der Waals surface area contributed by atoms with Gasteiger partial charge in [0, 0.05) is 10.6 Å². The molecule has 1 aromatic carbocycles. The van der Waals surface area contributed by atoms with Crippen LogP contribution in [0.15, 0.2) is 24.3 Å². The molecule has 2 rings (SSSR count). The Morgan fingerprint density at radius 2 is 2.26 bits per heavy atom. The van der Waals surface area contributed by atoms with E-state index < -0.39 is 0 Å². The Kier molecular flexibility index (Phi) is 5.41. The molecule has 0 heterocycles. The summed E-state index contributed by atoms with van der Waals surface area (Å²) in [5.41, 5.74) is 0.635. The van der Waals surface area contributed by atoms with Gasteiger partial charge >= 0.3 is 0 Å². The number of carbonyl (C=O) groups excluding carboxylic acids is 1. The lowest BCUT2D eigenvalue weighted by Gasteiger charge is -2.28. The number of hydrogen-bond donors (Lipinski definition) is 0. The van der Waals surface area contributed by atoms with Crippen LogP contribution in [0.5, 0.6) is 0 Å². The second kappa shape index (κ2) is 7.06. The summed E-state index contributed by atoms with van der Waals surface area (Å²) < 4.78 is 5.78. The third-order valence-electron chi connectivity index (χ3n) is 3.91. The van der Waals surface area contributed by atoms with Crippen molar-refractivity contribution >= 4 is 17.4 Å². The predicted molar refractivity (Wildman–Crippen MR) is 77.8 cm³/mol. The first kappa shape index (κ1) is 14.5. The summed E-state index contributed by atoms with van der Waals surface area (Å²) in [7, 11) is 0. The summed E-state index contributed by atoms with van der Waals surface area (Å²) in [4.78, 5) is 12.0. The Labute approximate surface area is 120 Å². The molecule has 0 aliphatic heterocycles. The Hall–Kier alpha value is -0.860. The van der Waals surface area contributed by atoms with Crippen molar-refractivity contribution in [3.05, 3.63) is 34.9 Å². The Morgan fingerprint density at radius 1 is 1.42 bits per heavy atom. The number of Topliss-reactive ketones (excluding diaryl/α,β-unsaturated/α-hetero) is 1. The van der Waals surface area contributed by atoms with E-state index in [0.717, 1.165) is 18.8 Å². The van der Waals surface area contributed by atoms with Crippen molar-refractivity contribution in [2.24, 2.45) is 5.92 Å². The molecule has 1 aliphatic rings. The molecule has 1 saturated carbocycles. The molecule has 0 N–H and O–H groups in total. The minimum atomic E-state index is 0.0149. The van der Waals surface area contributed by atoms with Crippen molar-refractivity contribution in [1.29, 1.82) is 0 Å². The summed E-state index contributed by atoms with van der Waals surface area (Å²) in [6.45, 7) is 2.39. The van der Waals surface area contributed by atoms with Crippen LogP contribution in [0, 0.1) is 5.92 Å². The fraction of sp³-hybridized carbons (Fsp3) is 0.562. The van der Waals surface area contributed by atoms with Gasteiger partial charge in [0.1, 0.15) is 6.61 Å². The van der Waals surface area contributed by atoms with Crippen molar-refractivity contribution in [2.75, 3.05) is 6.61 Å². The monoisotopic (exact) mass is 280 g/mol. The molecular weight excluding hydrogens is 260 g/mol. The van der Waals surface area contributed by atoms with Crippen molar-refractivity contribution in [1.82, 2.24) is 0 Å². The van der Waals surface area contributed by atoms with E-state index in [1.807, 2.05) is 0 Å². The van der Waals surface area contributed by atoms with E-state index in [2.05, 4.69) is 6.92 Å². The van der Waals surface area contributed by atoms with Gasteiger partial charge in [-0.2, -0.15) is 0 Å². The molecule has 0 aromatic heterocycles. The molecule has 104 valence electrons. The fourth-order valence-corrected chi connectivity index (χ4v) is 2.89. The summed E-state index contributed by atoms with van der Waals surface area (Å²) in [5, 5.41) is 0.592. The van der Waals surface area contributed by atoms with Gasteiger partial charge in [0.15, 0.2) is 5.78 Å². The van der Waals surface area contributed by atoms with E-state index >= 15 is 0 Å². The van der Waals surface area contributed by atoms with E-state index in [1.54, 1.807) is 24.3 Å². The van der Waals surface area contributed by atoms with Crippen LogP contribution in [0.3, 0.4) is 0 Å². The number of benzene rings is 1. The standard InChI is InChI=1S/C16H21ClO2/c1-2-12-5-3-8-15(9-12)19-11-16(18)13-6-4-7-14(17)10-13/h4,6-7,10,12,15H,2-3,5,8-9,11H2,1H3. The van der Waals surface area contributed by atoms with E-state index in [4.69, 9.17) is 16.3 Å². The summed E-state index contributed by atoms with van der Waals surface area (Å²) in [6, 6.07) is 7.05. The smallest absolute Gasteiger partial charge is 0.188 e. The first-order valence-corrected chi connectivity index (χ1v) is 7.47. The molecular formula is C16H21ClO2. The molecule has 2 unspecified atom stereocenters. The highest BCUT2D eigenvalue weighted by atomic mass is 35.5. The maximum atomic E-state index is 12.0. The first-order valence-electron chi connectivity index (χ1n) is 7.09. The number of rotatable bonds is 5. The normalized spacial score (nSPS) is 23.3. The second-order valence-corrected chi connectivity index (χ2v) is 5.74. The maximum Gasteiger partial charge on any atom is 0.188 e. The summed E-state index contributed by atoms with van der Waals surface area (Å²) in [5.74, 6) is 0.779. The fourth-order valence-electron chi connectivity index (χ4n) is 2.70. The molecule has 0 spiro atoms. The van der Waals surface area contributed by atoms with Crippen LogP contribution in [0.4, 0.5) is 0 Å². The lowest BCUT2D eigenvalue weighted by molar-refractivity contribution is 0.0156. The number of ketones is 1. The SMILES string of the molecule is CCC1CCCC(OCC(=O)c2cccc(Cl)c2)C1. The molecule has 3 heteroatoms. The van der Waals surface area contributed by atoms with Crippen molar-refractivity contribution in [2.45, 2.75) is 45.1 Å². The average molecular weight is 281 g/mol. The van der Waals surface area contributed by atoms with Gasteiger partial charge in [-0.15, -0.1) is 0 Å². The lowest BCUT2D eigenvalue weighted by atomic mass is 9.85. The molecule has 2 atom stereocenters. The van der Waals surface area contributed by atoms with Gasteiger partial charge in [-0.25, -0.2) is 0 Å². The Morgan fingerprint density at radius 3 is 3.00 bits per heavy atom. The highest BCUT2D eigenvalue weighted by molar-refractivity contribution is 6.31. The van der Waals surface area contributed by atoms with Crippen LogP contribution in [-0.2, 0) is 4.74 Å². The second-order valence-electron chi connectivity index (χ2n) is 5.31. The highest BCUT2D eigenvalue weighted by Gasteiger charge is 2.22. The molecule has 1 aliphatic carbocycles. The highest BCUT2D eigenvalue weighted by Crippen LogP contribution is 2.28. The van der Waals surface area contributed by atoms with Crippen molar-refractivity contribution in [3.8, 4) is 0 Å². The third kappa shape index (κ3) is 4.32. The molecule has 0 radical (unpaired) electrons. The van der Waals surface area contributed by atoms with Crippen LogP contribution in [0.25, 0.3) is 0 Å². The zero-order valence-corrected chi connectivity index (χ0v) is 12.2. The number of ether oxygens (including phenoxy) is 1. The number of halogens is 1. The zero-order chi connectivity index (χ0) is 13.7. The van der Waals surface area contributed by atoms with Gasteiger partial charge in [-0.1, -0.05) is 49.9 Å². The quantitative estimate of drug-likeness (QED) is 0.742. The number of carbonyl (C=O) groups is 1. The van der Waals surface area contributed by atoms with E-state index in [9.17, 15) is 4.79 Å². The van der Waals surface area contributed by atoms with Gasteiger partial charge in [0.2, 0.25) is 0 Å². The molecule has 1 aromatic rings. The van der Waals surface area contributed by atoms with Gasteiger partial charge < -0.3 is 4.74 Å². The van der Waals surface area contributed by atoms with E-state index in [0.29, 0.717) is 10.6 Å². The topological polar surface area (TPSA) is 26.3 Å². The molecule has 0 saturated heterocycles. The Balaban J connectivity index is 1.83. The zero-order valence-electron chi connectivity index (χ0n) is 11.4. The minimum absolute atomic E-state index is 0.0149. The maximum absolute atomic E-state index is 12.0. The minimum Gasteiger partial charge on any atom is -0.370 e. The summed E-state index contributed by atoms with van der Waals surface area (Å²) in [6.07, 6.45) is 6.16. The number of hydrogen-bond acceptors (Lipinski definition) is 2. The molecule has 2 nitrogen and oxygen atoms in total. The van der Waals surface area contributed by atoms with Gasteiger partial charge in [0.25, 0.3) is 0 Å². The molecule has 0 amide bonds. The van der Waals surface area contributed by atoms with Crippen LogP contribution < -0.4 is 0 Å². The van der Waals surface area contributed by atoms with Gasteiger partial charge in [-0.3, -0.25) is 4.79 Å². The summed E-state index contributed by atoms with van der Waals surface area (Å²) >= 11 is 5.88. The molecule has 0 bridgehead atoms. The van der Waals surface area contributed by atoms with Gasteiger partial charge in [-0.05, 0) is 30.9 Å². The predicted octanol–water partition coefficient (Wildman–Crippen LogP) is 4.51. The lowest BCUT2D eigenvalue weighted by Crippen LogP contribution is -2.25. The van der Waals surface area contributed by atoms with E-state index in [1.165, 1.54) is 19.3 Å². The van der Waals surface area contributed by atoms with Crippen LogP contribution in [0.2, 0.25) is 5.02 Å². The van der Waals surface area contributed by atoms with Crippen LogP contribution in [0.1, 0.15) is 49.4 Å². The Bertz CT molecular complexity index is 431.